The van der Waals surface area contributed by atoms with Gasteiger partial charge in [0.05, 0.1) is 6.42 Å². The number of carboxylic acids is 1. The van der Waals surface area contributed by atoms with Crippen LogP contribution >= 0.6 is 0 Å². The van der Waals surface area contributed by atoms with Crippen LogP contribution in [0, 0.1) is 0 Å². The number of carbonyl (C=O) groups is 1. The molecule has 0 radical (unpaired) electrons. The molecule has 2 aliphatic carbocycles. The lowest BCUT2D eigenvalue weighted by Crippen LogP contribution is -2.02. The molecule has 2 nitrogen and oxygen atoms in total. The Bertz CT molecular complexity index is 431. The van der Waals surface area contributed by atoms with Crippen LogP contribution in [0.5, 0.6) is 0 Å². The summed E-state index contributed by atoms with van der Waals surface area (Å²) in [6, 6.07) is 0. The van der Waals surface area contributed by atoms with Crippen LogP contribution in [-0.2, 0) is 4.79 Å². The van der Waals surface area contributed by atoms with Gasteiger partial charge in [0.15, 0.2) is 0 Å². The molecule has 0 amide bonds. The van der Waals surface area contributed by atoms with E-state index in [2.05, 4.69) is 0 Å². The molecule has 0 unspecified atom stereocenters. The normalized spacial score (nSPS) is 18.5. The van der Waals surface area contributed by atoms with Gasteiger partial charge < -0.3 is 5.11 Å². The van der Waals surface area contributed by atoms with E-state index in [0.717, 1.165) is 12.0 Å². The minimum absolute atomic E-state index is 0.133. The first-order chi connectivity index (χ1) is 7.25. The van der Waals surface area contributed by atoms with E-state index in [9.17, 15) is 4.79 Å². The summed E-state index contributed by atoms with van der Waals surface area (Å²) in [7, 11) is 0. The summed E-state index contributed by atoms with van der Waals surface area (Å²) in [6.07, 6.45) is 14.8. The average Bonchev–Trinajstić information content (AvgIpc) is 2.41. The predicted molar refractivity (Wildman–Crippen MR) is 59.4 cm³/mol. The van der Waals surface area contributed by atoms with Crippen LogP contribution < -0.4 is 0 Å². The summed E-state index contributed by atoms with van der Waals surface area (Å²) < 4.78 is 0. The van der Waals surface area contributed by atoms with Crippen molar-refractivity contribution >= 4 is 5.97 Å². The summed E-state index contributed by atoms with van der Waals surface area (Å²) >= 11 is 0. The molecule has 2 rings (SSSR count). The Kier molecular flexibility index (Phi) is 2.68. The molecule has 0 fully saturated rings. The zero-order chi connectivity index (χ0) is 10.7. The quantitative estimate of drug-likeness (QED) is 0.744. The number of aliphatic carboxylic acids is 1. The van der Waals surface area contributed by atoms with Crippen LogP contribution in [0.15, 0.2) is 59.3 Å². The van der Waals surface area contributed by atoms with Crippen LogP contribution in [-0.4, -0.2) is 11.1 Å². The Morgan fingerprint density at radius 2 is 2.07 bits per heavy atom. The molecule has 0 aromatic heterocycles. The summed E-state index contributed by atoms with van der Waals surface area (Å²) in [5.74, 6) is -0.765. The zero-order valence-corrected chi connectivity index (χ0v) is 8.31. The minimum atomic E-state index is -0.765. The zero-order valence-electron chi connectivity index (χ0n) is 8.31. The van der Waals surface area contributed by atoms with Gasteiger partial charge in [-0.2, -0.15) is 0 Å². The molecule has 0 saturated heterocycles. The lowest BCUT2D eigenvalue weighted by Gasteiger charge is -2.14. The molecule has 2 aliphatic rings. The largest absolute Gasteiger partial charge is 0.481 e. The molecule has 0 bridgehead atoms. The van der Waals surface area contributed by atoms with E-state index in [-0.39, 0.29) is 6.42 Å². The van der Waals surface area contributed by atoms with Crippen molar-refractivity contribution in [2.45, 2.75) is 12.8 Å². The number of allylic oxidation sites excluding steroid dienone is 9. The first-order valence-corrected chi connectivity index (χ1v) is 4.91. The van der Waals surface area contributed by atoms with Gasteiger partial charge in [-0.3, -0.25) is 4.79 Å². The van der Waals surface area contributed by atoms with Crippen LogP contribution in [0.1, 0.15) is 12.8 Å². The van der Waals surface area contributed by atoms with Crippen molar-refractivity contribution < 1.29 is 9.90 Å². The SMILES string of the molecule is O=C(O)CC1=CC=C2C=CC=CC=C2C1. The van der Waals surface area contributed by atoms with Gasteiger partial charge in [0, 0.05) is 0 Å². The number of carboxylic acid groups (broad SMARTS) is 1. The molecule has 0 aromatic carbocycles. The third-order valence-electron chi connectivity index (χ3n) is 2.46. The van der Waals surface area contributed by atoms with E-state index in [1.54, 1.807) is 0 Å². The fourth-order valence-corrected chi connectivity index (χ4v) is 1.75. The highest BCUT2D eigenvalue weighted by atomic mass is 16.4. The monoisotopic (exact) mass is 200 g/mol. The maximum atomic E-state index is 10.6. The van der Waals surface area contributed by atoms with E-state index >= 15 is 0 Å². The maximum Gasteiger partial charge on any atom is 0.307 e. The third-order valence-corrected chi connectivity index (χ3v) is 2.46. The van der Waals surface area contributed by atoms with E-state index in [0.29, 0.717) is 0 Å². The Hall–Kier alpha value is -1.83. The first-order valence-electron chi connectivity index (χ1n) is 4.91. The van der Waals surface area contributed by atoms with Crippen molar-refractivity contribution in [3.8, 4) is 0 Å². The number of hydrogen-bond donors (Lipinski definition) is 1. The van der Waals surface area contributed by atoms with Gasteiger partial charge in [-0.25, -0.2) is 0 Å². The molecule has 15 heavy (non-hydrogen) atoms. The molecule has 0 heterocycles. The van der Waals surface area contributed by atoms with Gasteiger partial charge in [-0.05, 0) is 17.6 Å². The van der Waals surface area contributed by atoms with Gasteiger partial charge in [0.2, 0.25) is 0 Å². The maximum absolute atomic E-state index is 10.6. The average molecular weight is 200 g/mol. The molecule has 0 aromatic rings. The van der Waals surface area contributed by atoms with Gasteiger partial charge >= 0.3 is 5.97 Å². The van der Waals surface area contributed by atoms with Crippen molar-refractivity contribution in [3.05, 3.63) is 59.3 Å². The second-order valence-electron chi connectivity index (χ2n) is 3.63. The van der Waals surface area contributed by atoms with Crippen LogP contribution in [0.25, 0.3) is 0 Å². The Balaban J connectivity index is 2.24. The standard InChI is InChI=1S/C13H12O2/c14-13(15)9-10-6-7-11-4-2-1-3-5-12(11)8-10/h1-7H,8-9H2,(H,14,15). The predicted octanol–water partition coefficient (Wildman–Crippen LogP) is 2.77. The van der Waals surface area contributed by atoms with Crippen molar-refractivity contribution in [1.29, 1.82) is 0 Å². The Morgan fingerprint density at radius 1 is 1.20 bits per heavy atom. The second-order valence-corrected chi connectivity index (χ2v) is 3.63. The number of hydrogen-bond acceptors (Lipinski definition) is 1. The summed E-state index contributed by atoms with van der Waals surface area (Å²) in [4.78, 5) is 10.6. The fourth-order valence-electron chi connectivity index (χ4n) is 1.75. The smallest absolute Gasteiger partial charge is 0.307 e. The highest BCUT2D eigenvalue weighted by Gasteiger charge is 2.12. The van der Waals surface area contributed by atoms with Gasteiger partial charge in [0.1, 0.15) is 0 Å². The second kappa shape index (κ2) is 4.13. The highest BCUT2D eigenvalue weighted by molar-refractivity contribution is 5.71. The topological polar surface area (TPSA) is 37.3 Å². The summed E-state index contributed by atoms with van der Waals surface area (Å²) in [5, 5.41) is 8.71. The summed E-state index contributed by atoms with van der Waals surface area (Å²) in [6.45, 7) is 0. The lowest BCUT2D eigenvalue weighted by molar-refractivity contribution is -0.136. The van der Waals surface area contributed by atoms with Crippen molar-refractivity contribution in [2.75, 3.05) is 0 Å². The molecule has 0 saturated carbocycles. The molecule has 0 spiro atoms. The van der Waals surface area contributed by atoms with Crippen molar-refractivity contribution in [2.24, 2.45) is 0 Å². The van der Waals surface area contributed by atoms with Crippen LogP contribution in [0.4, 0.5) is 0 Å². The molecular formula is C13H12O2. The lowest BCUT2D eigenvalue weighted by atomic mass is 9.91. The van der Waals surface area contributed by atoms with Gasteiger partial charge in [0.25, 0.3) is 0 Å². The molecule has 76 valence electrons. The number of fused-ring (bicyclic) bond motifs is 1. The molecular weight excluding hydrogens is 188 g/mol. The van der Waals surface area contributed by atoms with Crippen molar-refractivity contribution in [1.82, 2.24) is 0 Å². The van der Waals surface area contributed by atoms with Crippen molar-refractivity contribution in [3.63, 3.8) is 0 Å². The van der Waals surface area contributed by atoms with E-state index in [4.69, 9.17) is 5.11 Å². The number of rotatable bonds is 2. The van der Waals surface area contributed by atoms with E-state index in [1.165, 1.54) is 11.1 Å². The van der Waals surface area contributed by atoms with Crippen LogP contribution in [0.2, 0.25) is 0 Å². The molecule has 0 atom stereocenters. The highest BCUT2D eigenvalue weighted by Crippen LogP contribution is 2.28. The summed E-state index contributed by atoms with van der Waals surface area (Å²) in [5.41, 5.74) is 3.33. The minimum Gasteiger partial charge on any atom is -0.481 e. The van der Waals surface area contributed by atoms with E-state index in [1.807, 2.05) is 42.5 Å². The molecule has 2 heteroatoms. The Labute approximate surface area is 88.6 Å². The van der Waals surface area contributed by atoms with Gasteiger partial charge in [-0.1, -0.05) is 48.1 Å². The van der Waals surface area contributed by atoms with Gasteiger partial charge in [-0.15, -0.1) is 0 Å². The third kappa shape index (κ3) is 2.34. The molecule has 0 aliphatic heterocycles. The Morgan fingerprint density at radius 3 is 2.87 bits per heavy atom. The van der Waals surface area contributed by atoms with E-state index < -0.39 is 5.97 Å². The fraction of sp³-hybridized carbons (Fsp3) is 0.154. The molecule has 1 N–H and O–H groups in total. The first kappa shape index (κ1) is 9.71. The van der Waals surface area contributed by atoms with Crippen LogP contribution in [0.3, 0.4) is 0 Å².